The normalized spacial score (nSPS) is 12.8. The second-order valence-corrected chi connectivity index (χ2v) is 7.07. The first-order chi connectivity index (χ1) is 13.7. The number of benzene rings is 2. The average molecular weight is 381 g/mol. The summed E-state index contributed by atoms with van der Waals surface area (Å²) in [4.78, 5) is 26.4. The van der Waals surface area contributed by atoms with Crippen molar-refractivity contribution in [1.82, 2.24) is 10.6 Å². The number of nitrogens with one attached hydrogen (secondary N) is 2. The molecule has 0 aliphatic heterocycles. The zero-order chi connectivity index (χ0) is 20.2. The third-order valence-electron chi connectivity index (χ3n) is 4.87. The SMILES string of the molecule is CCCCNC(=O)C(c1ccccc1)C(C(=O)NCCCC)c1ccccc1. The minimum atomic E-state index is -0.568. The predicted octanol–water partition coefficient (Wildman–Crippen LogP) is 4.39. The smallest absolute Gasteiger partial charge is 0.228 e. The molecule has 0 aliphatic carbocycles. The molecule has 0 saturated heterocycles. The van der Waals surface area contributed by atoms with Gasteiger partial charge < -0.3 is 10.6 Å². The topological polar surface area (TPSA) is 58.2 Å². The number of hydrogen-bond acceptors (Lipinski definition) is 2. The molecular formula is C24H32N2O2. The van der Waals surface area contributed by atoms with Gasteiger partial charge in [0.2, 0.25) is 11.8 Å². The van der Waals surface area contributed by atoms with Gasteiger partial charge in [0, 0.05) is 13.1 Å². The predicted molar refractivity (Wildman–Crippen MR) is 114 cm³/mol. The molecule has 150 valence electrons. The summed E-state index contributed by atoms with van der Waals surface area (Å²) in [5.41, 5.74) is 1.71. The van der Waals surface area contributed by atoms with Crippen LogP contribution in [0.1, 0.15) is 62.5 Å². The Kier molecular flexibility index (Phi) is 9.26. The monoisotopic (exact) mass is 380 g/mol. The lowest BCUT2D eigenvalue weighted by molar-refractivity contribution is -0.129. The lowest BCUT2D eigenvalue weighted by atomic mass is 9.80. The Morgan fingerprint density at radius 3 is 1.36 bits per heavy atom. The van der Waals surface area contributed by atoms with E-state index in [9.17, 15) is 9.59 Å². The summed E-state index contributed by atoms with van der Waals surface area (Å²) in [6, 6.07) is 19.2. The summed E-state index contributed by atoms with van der Waals surface area (Å²) in [7, 11) is 0. The van der Waals surface area contributed by atoms with Crippen LogP contribution < -0.4 is 10.6 Å². The largest absolute Gasteiger partial charge is 0.356 e. The van der Waals surface area contributed by atoms with Gasteiger partial charge in [0.1, 0.15) is 0 Å². The second kappa shape index (κ2) is 12.0. The number of hydrogen-bond donors (Lipinski definition) is 2. The molecule has 4 nitrogen and oxygen atoms in total. The quantitative estimate of drug-likeness (QED) is 0.568. The number of amides is 2. The Labute approximate surface area is 168 Å². The highest BCUT2D eigenvalue weighted by atomic mass is 16.2. The van der Waals surface area contributed by atoms with Crippen LogP contribution in [0.2, 0.25) is 0 Å². The molecule has 0 radical (unpaired) electrons. The Morgan fingerprint density at radius 1 is 0.679 bits per heavy atom. The van der Waals surface area contributed by atoms with Gasteiger partial charge in [-0.1, -0.05) is 87.4 Å². The van der Waals surface area contributed by atoms with Gasteiger partial charge in [-0.2, -0.15) is 0 Å². The molecule has 2 rings (SSSR count). The first kappa shape index (κ1) is 21.7. The van der Waals surface area contributed by atoms with Crippen molar-refractivity contribution in [1.29, 1.82) is 0 Å². The van der Waals surface area contributed by atoms with Crippen LogP contribution in [0.3, 0.4) is 0 Å². The van der Waals surface area contributed by atoms with E-state index in [4.69, 9.17) is 0 Å². The van der Waals surface area contributed by atoms with Crippen LogP contribution in [0.25, 0.3) is 0 Å². The highest BCUT2D eigenvalue weighted by Crippen LogP contribution is 2.33. The zero-order valence-electron chi connectivity index (χ0n) is 17.0. The average Bonchev–Trinajstić information content (AvgIpc) is 2.73. The third kappa shape index (κ3) is 6.22. The molecule has 0 saturated carbocycles. The second-order valence-electron chi connectivity index (χ2n) is 7.07. The molecule has 0 fully saturated rings. The van der Waals surface area contributed by atoms with Crippen molar-refractivity contribution in [3.63, 3.8) is 0 Å². The van der Waals surface area contributed by atoms with Gasteiger partial charge >= 0.3 is 0 Å². The maximum atomic E-state index is 13.2. The first-order valence-corrected chi connectivity index (χ1v) is 10.3. The van der Waals surface area contributed by atoms with Gasteiger partial charge in [-0.15, -0.1) is 0 Å². The number of unbranched alkanes of at least 4 members (excludes halogenated alkanes) is 2. The number of rotatable bonds is 11. The molecular weight excluding hydrogens is 348 g/mol. The summed E-state index contributed by atoms with van der Waals surface area (Å²) in [6.45, 7) is 5.43. The lowest BCUT2D eigenvalue weighted by Gasteiger charge is -2.27. The van der Waals surface area contributed by atoms with E-state index in [1.54, 1.807) is 0 Å². The highest BCUT2D eigenvalue weighted by Gasteiger charge is 2.35. The molecule has 2 aromatic rings. The summed E-state index contributed by atoms with van der Waals surface area (Å²) in [6.07, 6.45) is 3.86. The fraction of sp³-hybridized carbons (Fsp3) is 0.417. The summed E-state index contributed by atoms with van der Waals surface area (Å²) in [5, 5.41) is 6.07. The lowest BCUT2D eigenvalue weighted by Crippen LogP contribution is -2.40. The van der Waals surface area contributed by atoms with Crippen LogP contribution in [-0.2, 0) is 9.59 Å². The molecule has 2 aromatic carbocycles. The van der Waals surface area contributed by atoms with Crippen molar-refractivity contribution in [2.75, 3.05) is 13.1 Å². The molecule has 0 spiro atoms. The molecule has 2 amide bonds. The highest BCUT2D eigenvalue weighted by molar-refractivity contribution is 5.94. The van der Waals surface area contributed by atoms with Gasteiger partial charge in [0.05, 0.1) is 11.8 Å². The van der Waals surface area contributed by atoms with Crippen LogP contribution >= 0.6 is 0 Å². The maximum absolute atomic E-state index is 13.2. The fourth-order valence-electron chi connectivity index (χ4n) is 3.31. The summed E-state index contributed by atoms with van der Waals surface area (Å²) in [5.74, 6) is -1.33. The van der Waals surface area contributed by atoms with Crippen molar-refractivity contribution in [2.24, 2.45) is 0 Å². The molecule has 0 aromatic heterocycles. The van der Waals surface area contributed by atoms with Crippen molar-refractivity contribution in [3.05, 3.63) is 71.8 Å². The van der Waals surface area contributed by atoms with E-state index < -0.39 is 11.8 Å². The van der Waals surface area contributed by atoms with Crippen molar-refractivity contribution in [3.8, 4) is 0 Å². The van der Waals surface area contributed by atoms with Crippen LogP contribution in [0, 0.1) is 0 Å². The molecule has 2 unspecified atom stereocenters. The van der Waals surface area contributed by atoms with E-state index >= 15 is 0 Å². The number of carbonyl (C=O) groups is 2. The van der Waals surface area contributed by atoms with E-state index in [1.807, 2.05) is 60.7 Å². The Morgan fingerprint density at radius 2 is 1.04 bits per heavy atom. The molecule has 0 bridgehead atoms. The first-order valence-electron chi connectivity index (χ1n) is 10.3. The van der Waals surface area contributed by atoms with Crippen molar-refractivity contribution in [2.45, 2.75) is 51.4 Å². The molecule has 28 heavy (non-hydrogen) atoms. The van der Waals surface area contributed by atoms with E-state index in [-0.39, 0.29) is 11.8 Å². The summed E-state index contributed by atoms with van der Waals surface area (Å²) >= 11 is 0. The van der Waals surface area contributed by atoms with Gasteiger partial charge in [-0.25, -0.2) is 0 Å². The molecule has 2 N–H and O–H groups in total. The fourth-order valence-corrected chi connectivity index (χ4v) is 3.31. The van der Waals surface area contributed by atoms with Crippen LogP contribution in [-0.4, -0.2) is 24.9 Å². The number of carbonyl (C=O) groups excluding carboxylic acids is 2. The van der Waals surface area contributed by atoms with Crippen molar-refractivity contribution < 1.29 is 9.59 Å². The maximum Gasteiger partial charge on any atom is 0.228 e. The van der Waals surface area contributed by atoms with Gasteiger partial charge in [0.15, 0.2) is 0 Å². The van der Waals surface area contributed by atoms with Crippen molar-refractivity contribution >= 4 is 11.8 Å². The standard InChI is InChI=1S/C24H32N2O2/c1-3-5-17-25-23(27)21(19-13-9-7-10-14-19)22(20-15-11-8-12-16-20)24(28)26-18-6-4-2/h7-16,21-22H,3-6,17-18H2,1-2H3,(H,25,27)(H,26,28). The Bertz CT molecular complexity index is 652. The van der Waals surface area contributed by atoms with Crippen LogP contribution in [0.15, 0.2) is 60.7 Å². The van der Waals surface area contributed by atoms with Gasteiger partial charge in [-0.3, -0.25) is 9.59 Å². The van der Waals surface area contributed by atoms with Crippen LogP contribution in [0.5, 0.6) is 0 Å². The molecule has 2 atom stereocenters. The molecule has 0 heterocycles. The van der Waals surface area contributed by atoms with Gasteiger partial charge in [-0.05, 0) is 24.0 Å². The minimum Gasteiger partial charge on any atom is -0.356 e. The Balaban J connectivity index is 2.39. The Hall–Kier alpha value is -2.62. The zero-order valence-corrected chi connectivity index (χ0v) is 17.0. The minimum absolute atomic E-state index is 0.0980. The van der Waals surface area contributed by atoms with E-state index in [0.717, 1.165) is 36.8 Å². The van der Waals surface area contributed by atoms with E-state index in [0.29, 0.717) is 13.1 Å². The summed E-state index contributed by atoms with van der Waals surface area (Å²) < 4.78 is 0. The van der Waals surface area contributed by atoms with E-state index in [1.165, 1.54) is 0 Å². The third-order valence-corrected chi connectivity index (χ3v) is 4.87. The van der Waals surface area contributed by atoms with Crippen LogP contribution in [0.4, 0.5) is 0 Å². The molecule has 0 aliphatic rings. The van der Waals surface area contributed by atoms with E-state index in [2.05, 4.69) is 24.5 Å². The van der Waals surface area contributed by atoms with Gasteiger partial charge in [0.25, 0.3) is 0 Å². The molecule has 4 heteroatoms.